The highest BCUT2D eigenvalue weighted by Gasteiger charge is 2.38. The lowest BCUT2D eigenvalue weighted by molar-refractivity contribution is 0.661. The monoisotopic (exact) mass is 687 g/mol. The van der Waals surface area contributed by atoms with E-state index < -0.39 is 0 Å². The summed E-state index contributed by atoms with van der Waals surface area (Å²) in [6.07, 6.45) is 0. The van der Waals surface area contributed by atoms with Gasteiger partial charge in [0.25, 0.3) is 0 Å². The third kappa shape index (κ3) is 3.31. The van der Waals surface area contributed by atoms with E-state index in [0.717, 1.165) is 11.4 Å². The number of nitrogens with zero attached hydrogens (tertiary/aromatic N) is 3. The van der Waals surface area contributed by atoms with Crippen molar-refractivity contribution < 1.29 is 0 Å². The molecule has 4 heterocycles. The van der Waals surface area contributed by atoms with Crippen molar-refractivity contribution in [1.82, 2.24) is 8.80 Å². The number of fused-ring (bicyclic) bond motifs is 16. The molecule has 54 heavy (non-hydrogen) atoms. The Morgan fingerprint density at radius 1 is 0.407 bits per heavy atom. The Labute approximate surface area is 311 Å². The fraction of sp³-hybridized carbons (Fsp3) is 0.0588. The molecule has 3 nitrogen and oxygen atoms in total. The van der Waals surface area contributed by atoms with Crippen LogP contribution in [0, 0.1) is 0 Å². The predicted octanol–water partition coefficient (Wildman–Crippen LogP) is 13.8. The maximum atomic E-state index is 2.56. The summed E-state index contributed by atoms with van der Waals surface area (Å²) in [5.74, 6) is 0. The Kier molecular flexibility index (Phi) is 5.19. The summed E-state index contributed by atoms with van der Waals surface area (Å²) in [6, 6.07) is 60.8. The summed E-state index contributed by atoms with van der Waals surface area (Å²) in [6.45, 7) is 4.80. The van der Waals surface area contributed by atoms with Crippen LogP contribution in [0.15, 0.2) is 164 Å². The average Bonchev–Trinajstić information content (AvgIpc) is 3.98. The lowest BCUT2D eigenvalue weighted by atomic mass is 9.81. The standard InChI is InChI=1S/C51H33N3/c1-51(2)39-22-12-9-19-33(39)46-40(51)27-38-37-29-44-36(28-45(37)54-42-24-14-11-21-35(42)48(46)50(38)54)32-25-26-43(47-34-20-10-13-23-41(34)53(44)49(32)47)52(30-15-5-3-6-16-30)31-17-7-4-8-18-31/h3-29H,1-2H3. The van der Waals surface area contributed by atoms with Gasteiger partial charge in [-0.15, -0.1) is 0 Å². The molecule has 1 aliphatic carbocycles. The molecule has 8 aromatic carbocycles. The van der Waals surface area contributed by atoms with Crippen LogP contribution in [0.25, 0.3) is 87.3 Å². The summed E-state index contributed by atoms with van der Waals surface area (Å²) in [5, 5.41) is 10.5. The molecule has 0 amide bonds. The Bertz CT molecular complexity index is 3470. The molecule has 0 atom stereocenters. The third-order valence-electron chi connectivity index (χ3n) is 12.7. The Morgan fingerprint density at radius 3 is 1.61 bits per heavy atom. The normalized spacial score (nSPS) is 13.9. The van der Waals surface area contributed by atoms with Crippen molar-refractivity contribution in [1.29, 1.82) is 0 Å². The molecule has 0 aliphatic heterocycles. The van der Waals surface area contributed by atoms with E-state index in [-0.39, 0.29) is 5.41 Å². The van der Waals surface area contributed by atoms with Crippen molar-refractivity contribution in [3.8, 4) is 11.1 Å². The van der Waals surface area contributed by atoms with E-state index in [0.29, 0.717) is 0 Å². The fourth-order valence-corrected chi connectivity index (χ4v) is 10.5. The second-order valence-corrected chi connectivity index (χ2v) is 15.7. The number of para-hydroxylation sites is 4. The van der Waals surface area contributed by atoms with Gasteiger partial charge < -0.3 is 13.7 Å². The zero-order valence-electron chi connectivity index (χ0n) is 29.9. The van der Waals surface area contributed by atoms with Crippen molar-refractivity contribution in [3.05, 3.63) is 175 Å². The third-order valence-corrected chi connectivity index (χ3v) is 12.7. The Hall–Kier alpha value is -6.84. The highest BCUT2D eigenvalue weighted by atomic mass is 15.1. The van der Waals surface area contributed by atoms with E-state index in [1.165, 1.54) is 104 Å². The van der Waals surface area contributed by atoms with Crippen LogP contribution in [0.1, 0.15) is 25.0 Å². The minimum Gasteiger partial charge on any atom is -0.310 e. The topological polar surface area (TPSA) is 12.1 Å². The molecule has 12 aromatic rings. The number of aromatic nitrogens is 2. The lowest BCUT2D eigenvalue weighted by Crippen LogP contribution is -2.14. The van der Waals surface area contributed by atoms with Crippen molar-refractivity contribution in [2.24, 2.45) is 0 Å². The minimum atomic E-state index is -0.0991. The summed E-state index contributed by atoms with van der Waals surface area (Å²) < 4.78 is 5.11. The van der Waals surface area contributed by atoms with Gasteiger partial charge in [0.05, 0.1) is 38.8 Å². The van der Waals surface area contributed by atoms with Gasteiger partial charge >= 0.3 is 0 Å². The van der Waals surface area contributed by atoms with E-state index in [1.807, 2.05) is 0 Å². The van der Waals surface area contributed by atoms with Crippen LogP contribution < -0.4 is 4.90 Å². The van der Waals surface area contributed by atoms with Crippen LogP contribution in [0.2, 0.25) is 0 Å². The first-order chi connectivity index (χ1) is 26.6. The van der Waals surface area contributed by atoms with Gasteiger partial charge in [-0.05, 0) is 82.9 Å². The molecule has 0 bridgehead atoms. The van der Waals surface area contributed by atoms with E-state index >= 15 is 0 Å². The maximum absolute atomic E-state index is 2.56. The molecule has 0 saturated heterocycles. The van der Waals surface area contributed by atoms with Gasteiger partial charge in [-0.3, -0.25) is 0 Å². The van der Waals surface area contributed by atoms with E-state index in [4.69, 9.17) is 0 Å². The molecule has 252 valence electrons. The van der Waals surface area contributed by atoms with Gasteiger partial charge in [0.15, 0.2) is 0 Å². The number of hydrogen-bond donors (Lipinski definition) is 0. The molecule has 0 fully saturated rings. The van der Waals surface area contributed by atoms with E-state index in [9.17, 15) is 0 Å². The molecule has 0 radical (unpaired) electrons. The van der Waals surface area contributed by atoms with Gasteiger partial charge in [-0.2, -0.15) is 0 Å². The molecular formula is C51H33N3. The van der Waals surface area contributed by atoms with Gasteiger partial charge in [-0.1, -0.05) is 117 Å². The molecular weight excluding hydrogens is 655 g/mol. The lowest BCUT2D eigenvalue weighted by Gasteiger charge is -2.26. The zero-order valence-corrected chi connectivity index (χ0v) is 29.9. The molecule has 0 spiro atoms. The number of anilines is 3. The van der Waals surface area contributed by atoms with Gasteiger partial charge in [0.2, 0.25) is 0 Å². The maximum Gasteiger partial charge on any atom is 0.0641 e. The van der Waals surface area contributed by atoms with Gasteiger partial charge in [0.1, 0.15) is 0 Å². The summed E-state index contributed by atoms with van der Waals surface area (Å²) in [4.78, 5) is 2.41. The second-order valence-electron chi connectivity index (χ2n) is 15.7. The van der Waals surface area contributed by atoms with Crippen molar-refractivity contribution in [2.45, 2.75) is 19.3 Å². The molecule has 4 aromatic heterocycles. The molecule has 0 unspecified atom stereocenters. The molecule has 0 N–H and O–H groups in total. The molecule has 0 saturated carbocycles. The summed E-state index contributed by atoms with van der Waals surface area (Å²) in [7, 11) is 0. The molecule has 13 rings (SSSR count). The SMILES string of the molecule is CC1(C)c2ccccc2-c2c1cc1c3cc4c(cc3n3c5ccccc5c2c13)c1ccc(N(c2ccccc2)c2ccccc2)c2c3ccccc3n4c12. The smallest absolute Gasteiger partial charge is 0.0641 e. The van der Waals surface area contributed by atoms with Crippen molar-refractivity contribution in [3.63, 3.8) is 0 Å². The number of rotatable bonds is 3. The zero-order chi connectivity index (χ0) is 35.4. The van der Waals surface area contributed by atoms with Crippen LogP contribution in [-0.2, 0) is 5.41 Å². The quantitative estimate of drug-likeness (QED) is 0.180. The van der Waals surface area contributed by atoms with Crippen LogP contribution in [0.5, 0.6) is 0 Å². The van der Waals surface area contributed by atoms with E-state index in [2.05, 4.69) is 191 Å². The second kappa shape index (κ2) is 9.77. The largest absolute Gasteiger partial charge is 0.310 e. The van der Waals surface area contributed by atoms with Gasteiger partial charge in [-0.25, -0.2) is 0 Å². The first-order valence-electron chi connectivity index (χ1n) is 19.0. The van der Waals surface area contributed by atoms with Crippen LogP contribution in [0.4, 0.5) is 17.1 Å². The fourth-order valence-electron chi connectivity index (χ4n) is 10.5. The number of benzene rings is 8. The van der Waals surface area contributed by atoms with Crippen molar-refractivity contribution in [2.75, 3.05) is 4.90 Å². The van der Waals surface area contributed by atoms with Crippen LogP contribution in [0.3, 0.4) is 0 Å². The van der Waals surface area contributed by atoms with Crippen LogP contribution >= 0.6 is 0 Å². The van der Waals surface area contributed by atoms with Gasteiger partial charge in [0, 0.05) is 59.9 Å². The molecule has 1 aliphatic rings. The van der Waals surface area contributed by atoms with Crippen molar-refractivity contribution >= 4 is 93.3 Å². The summed E-state index contributed by atoms with van der Waals surface area (Å²) in [5.41, 5.74) is 16.6. The Balaban J connectivity index is 1.20. The average molecular weight is 688 g/mol. The van der Waals surface area contributed by atoms with Crippen LogP contribution in [-0.4, -0.2) is 8.80 Å². The molecule has 3 heteroatoms. The Morgan fingerprint density at radius 2 is 0.944 bits per heavy atom. The summed E-state index contributed by atoms with van der Waals surface area (Å²) >= 11 is 0. The highest BCUT2D eigenvalue weighted by Crippen LogP contribution is 2.56. The first-order valence-corrected chi connectivity index (χ1v) is 19.0. The minimum absolute atomic E-state index is 0.0991. The number of hydrogen-bond acceptors (Lipinski definition) is 1. The predicted molar refractivity (Wildman–Crippen MR) is 228 cm³/mol. The van der Waals surface area contributed by atoms with E-state index in [1.54, 1.807) is 0 Å². The first kappa shape index (κ1) is 28.7. The highest BCUT2D eigenvalue weighted by molar-refractivity contribution is 6.32.